The van der Waals surface area contributed by atoms with Gasteiger partial charge in [0.25, 0.3) is 0 Å². The summed E-state index contributed by atoms with van der Waals surface area (Å²) < 4.78 is 5.25. The van der Waals surface area contributed by atoms with E-state index < -0.39 is 0 Å². The van der Waals surface area contributed by atoms with Gasteiger partial charge in [0, 0.05) is 24.9 Å². The van der Waals surface area contributed by atoms with Crippen LogP contribution in [0.25, 0.3) is 0 Å². The lowest BCUT2D eigenvalue weighted by Crippen LogP contribution is -2.42. The van der Waals surface area contributed by atoms with Gasteiger partial charge in [-0.25, -0.2) is 0 Å². The Kier molecular flexibility index (Phi) is 4.40. The van der Waals surface area contributed by atoms with Crippen LogP contribution in [0.1, 0.15) is 25.8 Å². The molecule has 3 heteroatoms. The predicted molar refractivity (Wildman–Crippen MR) is 71.9 cm³/mol. The third-order valence-electron chi connectivity index (χ3n) is 3.40. The summed E-state index contributed by atoms with van der Waals surface area (Å²) in [7, 11) is 3.73. The SMILES string of the molecule is COc1ccc(N(C)C(C)(C)CCO)cc1C. The summed E-state index contributed by atoms with van der Waals surface area (Å²) in [6.07, 6.45) is 0.745. The molecule has 0 aromatic heterocycles. The minimum absolute atomic E-state index is 0.0597. The Hall–Kier alpha value is -1.22. The van der Waals surface area contributed by atoms with Crippen LogP contribution in [0.3, 0.4) is 0 Å². The lowest BCUT2D eigenvalue weighted by atomic mass is 9.98. The lowest BCUT2D eigenvalue weighted by molar-refractivity contribution is 0.250. The lowest BCUT2D eigenvalue weighted by Gasteiger charge is -2.37. The van der Waals surface area contributed by atoms with Crippen LogP contribution in [0.15, 0.2) is 18.2 Å². The minimum atomic E-state index is -0.0597. The molecule has 0 aliphatic rings. The zero-order valence-corrected chi connectivity index (χ0v) is 11.4. The van der Waals surface area contributed by atoms with E-state index in [0.29, 0.717) is 0 Å². The number of hydrogen-bond acceptors (Lipinski definition) is 3. The molecular formula is C14H23NO2. The van der Waals surface area contributed by atoms with Gasteiger partial charge in [0.2, 0.25) is 0 Å². The van der Waals surface area contributed by atoms with E-state index in [1.54, 1.807) is 7.11 Å². The molecule has 1 rings (SSSR count). The molecule has 1 aromatic rings. The molecule has 96 valence electrons. The summed E-state index contributed by atoms with van der Waals surface area (Å²) in [5.74, 6) is 0.905. The molecule has 0 aliphatic heterocycles. The van der Waals surface area contributed by atoms with Crippen molar-refractivity contribution in [1.82, 2.24) is 0 Å². The molecule has 3 nitrogen and oxygen atoms in total. The maximum absolute atomic E-state index is 9.09. The number of hydrogen-bond donors (Lipinski definition) is 1. The van der Waals surface area contributed by atoms with Crippen molar-refractivity contribution in [2.24, 2.45) is 0 Å². The normalized spacial score (nSPS) is 11.4. The molecule has 0 fully saturated rings. The van der Waals surface area contributed by atoms with E-state index in [4.69, 9.17) is 9.84 Å². The first-order valence-corrected chi connectivity index (χ1v) is 5.91. The number of ether oxygens (including phenoxy) is 1. The number of aliphatic hydroxyl groups excluding tert-OH is 1. The van der Waals surface area contributed by atoms with Gasteiger partial charge in [-0.2, -0.15) is 0 Å². The summed E-state index contributed by atoms with van der Waals surface area (Å²) in [6, 6.07) is 6.14. The highest BCUT2D eigenvalue weighted by molar-refractivity contribution is 5.53. The number of anilines is 1. The average Bonchev–Trinajstić information content (AvgIpc) is 2.27. The number of nitrogens with zero attached hydrogens (tertiary/aromatic N) is 1. The number of aryl methyl sites for hydroxylation is 1. The first-order valence-electron chi connectivity index (χ1n) is 5.91. The Morgan fingerprint density at radius 1 is 1.35 bits per heavy atom. The fourth-order valence-electron chi connectivity index (χ4n) is 1.86. The van der Waals surface area contributed by atoms with Crippen LogP contribution in [0.2, 0.25) is 0 Å². The van der Waals surface area contributed by atoms with Gasteiger partial charge in [-0.1, -0.05) is 0 Å². The van der Waals surface area contributed by atoms with E-state index in [1.807, 2.05) is 19.1 Å². The maximum Gasteiger partial charge on any atom is 0.121 e. The number of aliphatic hydroxyl groups is 1. The Morgan fingerprint density at radius 2 is 2.00 bits per heavy atom. The quantitative estimate of drug-likeness (QED) is 0.854. The molecule has 0 amide bonds. The molecule has 17 heavy (non-hydrogen) atoms. The van der Waals surface area contributed by atoms with Crippen LogP contribution in [0.5, 0.6) is 5.75 Å². The second-order valence-corrected chi connectivity index (χ2v) is 5.00. The fourth-order valence-corrected chi connectivity index (χ4v) is 1.86. The van der Waals surface area contributed by atoms with Crippen molar-refractivity contribution >= 4 is 5.69 Å². The highest BCUT2D eigenvalue weighted by Gasteiger charge is 2.23. The summed E-state index contributed by atoms with van der Waals surface area (Å²) in [6.45, 7) is 6.49. The van der Waals surface area contributed by atoms with Crippen molar-refractivity contribution in [2.75, 3.05) is 25.7 Å². The van der Waals surface area contributed by atoms with Crippen LogP contribution < -0.4 is 9.64 Å². The largest absolute Gasteiger partial charge is 0.496 e. The zero-order valence-electron chi connectivity index (χ0n) is 11.4. The molecule has 0 unspecified atom stereocenters. The van der Waals surface area contributed by atoms with Crippen molar-refractivity contribution in [2.45, 2.75) is 32.7 Å². The average molecular weight is 237 g/mol. The highest BCUT2D eigenvalue weighted by atomic mass is 16.5. The smallest absolute Gasteiger partial charge is 0.121 e. The zero-order chi connectivity index (χ0) is 13.1. The van der Waals surface area contributed by atoms with Crippen LogP contribution in [0, 0.1) is 6.92 Å². The molecule has 1 aromatic carbocycles. The topological polar surface area (TPSA) is 32.7 Å². The molecule has 0 saturated carbocycles. The molecule has 0 saturated heterocycles. The molecule has 0 atom stereocenters. The molecule has 0 spiro atoms. The van der Waals surface area contributed by atoms with E-state index in [9.17, 15) is 0 Å². The van der Waals surface area contributed by atoms with Gasteiger partial charge in [-0.05, 0) is 51.0 Å². The molecule has 0 heterocycles. The van der Waals surface area contributed by atoms with Gasteiger partial charge < -0.3 is 14.7 Å². The standard InChI is InChI=1S/C14H23NO2/c1-11-10-12(6-7-13(11)17-5)15(4)14(2,3)8-9-16/h6-7,10,16H,8-9H2,1-5H3. The monoisotopic (exact) mass is 237 g/mol. The van der Waals surface area contributed by atoms with Crippen molar-refractivity contribution in [3.8, 4) is 5.75 Å². The van der Waals surface area contributed by atoms with E-state index >= 15 is 0 Å². The van der Waals surface area contributed by atoms with Gasteiger partial charge in [0.15, 0.2) is 0 Å². The van der Waals surface area contributed by atoms with Crippen LogP contribution in [-0.4, -0.2) is 31.4 Å². The minimum Gasteiger partial charge on any atom is -0.496 e. The van der Waals surface area contributed by atoms with Crippen molar-refractivity contribution in [1.29, 1.82) is 0 Å². The Bertz CT molecular complexity index is 374. The molecule has 1 N–H and O–H groups in total. The van der Waals surface area contributed by atoms with E-state index in [-0.39, 0.29) is 12.1 Å². The second kappa shape index (κ2) is 5.41. The third-order valence-corrected chi connectivity index (χ3v) is 3.40. The Balaban J connectivity index is 2.96. The summed E-state index contributed by atoms with van der Waals surface area (Å²) in [5, 5.41) is 9.09. The van der Waals surface area contributed by atoms with E-state index in [2.05, 4.69) is 31.9 Å². The first kappa shape index (κ1) is 13.8. The third kappa shape index (κ3) is 3.13. The summed E-state index contributed by atoms with van der Waals surface area (Å²) in [4.78, 5) is 2.19. The van der Waals surface area contributed by atoms with Crippen LogP contribution >= 0.6 is 0 Å². The van der Waals surface area contributed by atoms with E-state index in [1.165, 1.54) is 0 Å². The van der Waals surface area contributed by atoms with Crippen molar-refractivity contribution in [3.63, 3.8) is 0 Å². The molecule has 0 bridgehead atoms. The molecular weight excluding hydrogens is 214 g/mol. The molecule has 0 aliphatic carbocycles. The van der Waals surface area contributed by atoms with Crippen molar-refractivity contribution in [3.05, 3.63) is 23.8 Å². The van der Waals surface area contributed by atoms with Crippen LogP contribution in [-0.2, 0) is 0 Å². The number of methoxy groups -OCH3 is 1. The van der Waals surface area contributed by atoms with E-state index in [0.717, 1.165) is 23.4 Å². The number of benzene rings is 1. The number of rotatable bonds is 5. The van der Waals surface area contributed by atoms with Gasteiger partial charge in [-0.3, -0.25) is 0 Å². The van der Waals surface area contributed by atoms with Gasteiger partial charge in [-0.15, -0.1) is 0 Å². The van der Waals surface area contributed by atoms with Crippen molar-refractivity contribution < 1.29 is 9.84 Å². The highest BCUT2D eigenvalue weighted by Crippen LogP contribution is 2.28. The Morgan fingerprint density at radius 3 is 2.47 bits per heavy atom. The van der Waals surface area contributed by atoms with Gasteiger partial charge in [0.05, 0.1) is 7.11 Å². The molecule has 0 radical (unpaired) electrons. The van der Waals surface area contributed by atoms with Gasteiger partial charge >= 0.3 is 0 Å². The fraction of sp³-hybridized carbons (Fsp3) is 0.571. The Labute approximate surface area is 104 Å². The van der Waals surface area contributed by atoms with Crippen LogP contribution in [0.4, 0.5) is 5.69 Å². The summed E-state index contributed by atoms with van der Waals surface area (Å²) in [5.41, 5.74) is 2.20. The summed E-state index contributed by atoms with van der Waals surface area (Å²) >= 11 is 0. The first-order chi connectivity index (χ1) is 7.92. The predicted octanol–water partition coefficient (Wildman–Crippen LogP) is 2.60. The van der Waals surface area contributed by atoms with Gasteiger partial charge in [0.1, 0.15) is 5.75 Å². The maximum atomic E-state index is 9.09. The second-order valence-electron chi connectivity index (χ2n) is 5.00.